The van der Waals surface area contributed by atoms with Gasteiger partial charge in [0, 0.05) is 6.42 Å². The summed E-state index contributed by atoms with van der Waals surface area (Å²) in [5.41, 5.74) is 0. The van der Waals surface area contributed by atoms with Crippen LogP contribution in [0.5, 0.6) is 0 Å². The minimum atomic E-state index is 0.719. The SMILES string of the molecule is CCCCCC(C)CC(C)CCC=O. The number of unbranched alkanes of at least 4 members (excludes halogenated alkanes) is 2. The first kappa shape index (κ1) is 13.7. The Labute approximate surface area is 89.3 Å². The van der Waals surface area contributed by atoms with E-state index in [1.54, 1.807) is 0 Å². The van der Waals surface area contributed by atoms with Crippen molar-refractivity contribution >= 4 is 6.29 Å². The van der Waals surface area contributed by atoms with E-state index in [0.29, 0.717) is 0 Å². The van der Waals surface area contributed by atoms with Crippen molar-refractivity contribution in [3.05, 3.63) is 0 Å². The van der Waals surface area contributed by atoms with Gasteiger partial charge in [0.05, 0.1) is 0 Å². The van der Waals surface area contributed by atoms with Crippen LogP contribution in [0.4, 0.5) is 0 Å². The molecular formula is C13H26O. The van der Waals surface area contributed by atoms with Gasteiger partial charge in [-0.15, -0.1) is 0 Å². The van der Waals surface area contributed by atoms with Crippen LogP contribution in [0, 0.1) is 11.8 Å². The van der Waals surface area contributed by atoms with Gasteiger partial charge in [0.2, 0.25) is 0 Å². The van der Waals surface area contributed by atoms with E-state index >= 15 is 0 Å². The lowest BCUT2D eigenvalue weighted by molar-refractivity contribution is -0.108. The van der Waals surface area contributed by atoms with Gasteiger partial charge in [-0.05, 0) is 24.7 Å². The Morgan fingerprint density at radius 3 is 2.29 bits per heavy atom. The zero-order chi connectivity index (χ0) is 10.8. The Kier molecular flexibility index (Phi) is 9.02. The van der Waals surface area contributed by atoms with Gasteiger partial charge in [-0.3, -0.25) is 0 Å². The monoisotopic (exact) mass is 198 g/mol. The average molecular weight is 198 g/mol. The maximum absolute atomic E-state index is 10.2. The smallest absolute Gasteiger partial charge is 0.120 e. The molecule has 0 aliphatic carbocycles. The first-order chi connectivity index (χ1) is 6.70. The van der Waals surface area contributed by atoms with Gasteiger partial charge in [-0.2, -0.15) is 0 Å². The molecule has 0 aromatic carbocycles. The fourth-order valence-electron chi connectivity index (χ4n) is 2.02. The summed E-state index contributed by atoms with van der Waals surface area (Å²) in [5.74, 6) is 1.56. The van der Waals surface area contributed by atoms with Crippen molar-refractivity contribution < 1.29 is 4.79 Å². The Bertz CT molecular complexity index is 131. The molecule has 0 radical (unpaired) electrons. The molecule has 0 aliphatic rings. The number of rotatable bonds is 9. The van der Waals surface area contributed by atoms with Crippen LogP contribution >= 0.6 is 0 Å². The van der Waals surface area contributed by atoms with E-state index in [9.17, 15) is 4.79 Å². The lowest BCUT2D eigenvalue weighted by atomic mass is 9.90. The van der Waals surface area contributed by atoms with E-state index in [0.717, 1.165) is 31.0 Å². The van der Waals surface area contributed by atoms with E-state index in [1.807, 2.05) is 0 Å². The van der Waals surface area contributed by atoms with Crippen LogP contribution in [-0.2, 0) is 4.79 Å². The first-order valence-corrected chi connectivity index (χ1v) is 6.14. The van der Waals surface area contributed by atoms with Gasteiger partial charge in [0.1, 0.15) is 6.29 Å². The molecule has 1 nitrogen and oxygen atoms in total. The maximum atomic E-state index is 10.2. The third kappa shape index (κ3) is 8.28. The average Bonchev–Trinajstić information content (AvgIpc) is 2.15. The number of hydrogen-bond acceptors (Lipinski definition) is 1. The number of carbonyl (C=O) groups is 1. The molecule has 0 rings (SSSR count). The molecule has 14 heavy (non-hydrogen) atoms. The molecule has 0 aromatic heterocycles. The van der Waals surface area contributed by atoms with E-state index in [1.165, 1.54) is 32.1 Å². The summed E-state index contributed by atoms with van der Waals surface area (Å²) >= 11 is 0. The van der Waals surface area contributed by atoms with Crippen LogP contribution in [0.2, 0.25) is 0 Å². The predicted molar refractivity (Wildman–Crippen MR) is 62.4 cm³/mol. The highest BCUT2D eigenvalue weighted by atomic mass is 16.1. The Morgan fingerprint density at radius 2 is 1.71 bits per heavy atom. The van der Waals surface area contributed by atoms with Gasteiger partial charge in [0.15, 0.2) is 0 Å². The standard InChI is InChI=1S/C13H26O/c1-4-5-6-8-12(2)11-13(3)9-7-10-14/h10,12-13H,4-9,11H2,1-3H3. The van der Waals surface area contributed by atoms with E-state index in [2.05, 4.69) is 20.8 Å². The summed E-state index contributed by atoms with van der Waals surface area (Å²) in [5, 5.41) is 0. The second-order valence-electron chi connectivity index (χ2n) is 4.69. The van der Waals surface area contributed by atoms with E-state index in [4.69, 9.17) is 0 Å². The van der Waals surface area contributed by atoms with Crippen molar-refractivity contribution in [2.75, 3.05) is 0 Å². The van der Waals surface area contributed by atoms with Gasteiger partial charge in [-0.25, -0.2) is 0 Å². The Hall–Kier alpha value is -0.330. The lowest BCUT2D eigenvalue weighted by Gasteiger charge is -2.16. The van der Waals surface area contributed by atoms with Crippen molar-refractivity contribution in [1.29, 1.82) is 0 Å². The highest BCUT2D eigenvalue weighted by molar-refractivity contribution is 5.49. The van der Waals surface area contributed by atoms with Crippen LogP contribution in [-0.4, -0.2) is 6.29 Å². The topological polar surface area (TPSA) is 17.1 Å². The maximum Gasteiger partial charge on any atom is 0.120 e. The molecule has 0 bridgehead atoms. The molecule has 2 unspecified atom stereocenters. The number of aldehydes is 1. The van der Waals surface area contributed by atoms with Crippen molar-refractivity contribution in [2.45, 2.75) is 65.7 Å². The van der Waals surface area contributed by atoms with Gasteiger partial charge < -0.3 is 4.79 Å². The summed E-state index contributed by atoms with van der Waals surface area (Å²) in [6.07, 6.45) is 9.55. The minimum Gasteiger partial charge on any atom is -0.303 e. The summed E-state index contributed by atoms with van der Waals surface area (Å²) in [7, 11) is 0. The van der Waals surface area contributed by atoms with Crippen LogP contribution in [0.3, 0.4) is 0 Å². The Morgan fingerprint density at radius 1 is 1.07 bits per heavy atom. The molecule has 84 valence electrons. The van der Waals surface area contributed by atoms with Gasteiger partial charge in [0.25, 0.3) is 0 Å². The molecule has 0 amide bonds. The highest BCUT2D eigenvalue weighted by Gasteiger charge is 2.07. The summed E-state index contributed by atoms with van der Waals surface area (Å²) < 4.78 is 0. The van der Waals surface area contributed by atoms with Crippen molar-refractivity contribution in [3.8, 4) is 0 Å². The zero-order valence-electron chi connectivity index (χ0n) is 10.1. The van der Waals surface area contributed by atoms with Crippen LogP contribution < -0.4 is 0 Å². The molecule has 0 saturated heterocycles. The van der Waals surface area contributed by atoms with E-state index < -0.39 is 0 Å². The summed E-state index contributed by atoms with van der Waals surface area (Å²) in [6, 6.07) is 0. The molecular weight excluding hydrogens is 172 g/mol. The van der Waals surface area contributed by atoms with Crippen molar-refractivity contribution in [3.63, 3.8) is 0 Å². The molecule has 0 aliphatic heterocycles. The van der Waals surface area contributed by atoms with Crippen LogP contribution in [0.25, 0.3) is 0 Å². The van der Waals surface area contributed by atoms with Crippen molar-refractivity contribution in [2.24, 2.45) is 11.8 Å². The van der Waals surface area contributed by atoms with Crippen molar-refractivity contribution in [1.82, 2.24) is 0 Å². The number of hydrogen-bond donors (Lipinski definition) is 0. The van der Waals surface area contributed by atoms with Gasteiger partial charge in [-0.1, -0.05) is 46.5 Å². The molecule has 0 fully saturated rings. The molecule has 1 heteroatoms. The zero-order valence-corrected chi connectivity index (χ0v) is 10.1. The molecule has 0 spiro atoms. The second-order valence-corrected chi connectivity index (χ2v) is 4.69. The third-order valence-corrected chi connectivity index (χ3v) is 2.88. The summed E-state index contributed by atoms with van der Waals surface area (Å²) in [4.78, 5) is 10.2. The summed E-state index contributed by atoms with van der Waals surface area (Å²) in [6.45, 7) is 6.85. The lowest BCUT2D eigenvalue weighted by Crippen LogP contribution is -2.03. The second kappa shape index (κ2) is 9.23. The minimum absolute atomic E-state index is 0.719. The third-order valence-electron chi connectivity index (χ3n) is 2.88. The van der Waals surface area contributed by atoms with E-state index in [-0.39, 0.29) is 0 Å². The fourth-order valence-corrected chi connectivity index (χ4v) is 2.02. The quantitative estimate of drug-likeness (QED) is 0.400. The largest absolute Gasteiger partial charge is 0.303 e. The first-order valence-electron chi connectivity index (χ1n) is 6.14. The number of carbonyl (C=O) groups excluding carboxylic acids is 1. The highest BCUT2D eigenvalue weighted by Crippen LogP contribution is 2.20. The Balaban J connectivity index is 3.39. The molecule has 0 saturated carbocycles. The fraction of sp³-hybridized carbons (Fsp3) is 0.923. The molecule has 0 heterocycles. The van der Waals surface area contributed by atoms with Gasteiger partial charge >= 0.3 is 0 Å². The van der Waals surface area contributed by atoms with Crippen LogP contribution in [0.1, 0.15) is 65.7 Å². The molecule has 0 aromatic rings. The predicted octanol–water partition coefficient (Wildman–Crippen LogP) is 4.21. The molecule has 2 atom stereocenters. The van der Waals surface area contributed by atoms with Crippen LogP contribution in [0.15, 0.2) is 0 Å². The normalized spacial score (nSPS) is 15.1. The molecule has 0 N–H and O–H groups in total.